The van der Waals surface area contributed by atoms with Crippen LogP contribution in [0.1, 0.15) is 5.56 Å². The number of hydrogen-bond acceptors (Lipinski definition) is 4. The summed E-state index contributed by atoms with van der Waals surface area (Å²) in [6.45, 7) is 1.96. The molecule has 1 aliphatic rings. The van der Waals surface area contributed by atoms with Crippen molar-refractivity contribution in [1.29, 1.82) is 0 Å². The first-order valence-corrected chi connectivity index (χ1v) is 10.8. The predicted octanol–water partition coefficient (Wildman–Crippen LogP) is 6.43. The van der Waals surface area contributed by atoms with Crippen molar-refractivity contribution in [3.63, 3.8) is 0 Å². The van der Waals surface area contributed by atoms with Crippen LogP contribution >= 0.6 is 35.0 Å². The number of nitrogens with zero attached hydrogens (tertiary/aromatic N) is 1. The third-order valence-electron chi connectivity index (χ3n) is 4.54. The van der Waals surface area contributed by atoms with E-state index in [9.17, 15) is 14.0 Å². The molecule has 0 saturated heterocycles. The average Bonchev–Trinajstić information content (AvgIpc) is 2.96. The summed E-state index contributed by atoms with van der Waals surface area (Å²) < 4.78 is 13.6. The molecule has 0 saturated carbocycles. The van der Waals surface area contributed by atoms with Gasteiger partial charge in [0.2, 0.25) is 0 Å². The molecule has 1 heterocycles. The summed E-state index contributed by atoms with van der Waals surface area (Å²) in [5.41, 5.74) is 1.93. The van der Waals surface area contributed by atoms with Crippen molar-refractivity contribution in [2.45, 2.75) is 11.8 Å². The summed E-state index contributed by atoms with van der Waals surface area (Å²) in [5, 5.41) is 3.33. The summed E-state index contributed by atoms with van der Waals surface area (Å²) in [6.07, 6.45) is 0. The number of thioether (sulfide) groups is 1. The highest BCUT2D eigenvalue weighted by Crippen LogP contribution is 2.38. The first-order valence-electron chi connectivity index (χ1n) is 9.19. The molecule has 8 heteroatoms. The molecular formula is C23H15Cl2FN2O2S. The van der Waals surface area contributed by atoms with E-state index in [2.05, 4.69) is 5.32 Å². The van der Waals surface area contributed by atoms with Gasteiger partial charge in [-0.1, -0.05) is 58.7 Å². The zero-order valence-electron chi connectivity index (χ0n) is 16.2. The Kier molecular flexibility index (Phi) is 6.05. The Labute approximate surface area is 192 Å². The molecule has 2 amide bonds. The van der Waals surface area contributed by atoms with Crippen molar-refractivity contribution in [1.82, 2.24) is 0 Å². The van der Waals surface area contributed by atoms with Crippen LogP contribution in [0.3, 0.4) is 0 Å². The van der Waals surface area contributed by atoms with E-state index in [0.29, 0.717) is 10.7 Å². The van der Waals surface area contributed by atoms with Gasteiger partial charge in [0.15, 0.2) is 0 Å². The minimum Gasteiger partial charge on any atom is -0.350 e. The van der Waals surface area contributed by atoms with Gasteiger partial charge in [-0.05, 0) is 55.5 Å². The molecular weight excluding hydrogens is 458 g/mol. The number of benzene rings is 3. The Hall–Kier alpha value is -2.80. The van der Waals surface area contributed by atoms with Crippen LogP contribution < -0.4 is 10.2 Å². The van der Waals surface area contributed by atoms with Gasteiger partial charge in [-0.2, -0.15) is 0 Å². The fourth-order valence-corrected chi connectivity index (χ4v) is 4.30. The molecule has 1 N–H and O–H groups in total. The predicted molar refractivity (Wildman–Crippen MR) is 123 cm³/mol. The standard InChI is InChI=1S/C23H15Cl2FN2O2S/c1-13-5-8-17(9-6-13)31-21-20(27-15-4-2-3-14(24)11-15)22(29)28(23(21)30)16-7-10-19(26)18(25)12-16/h2-12,27H,1H3. The number of halogens is 3. The molecule has 0 bridgehead atoms. The van der Waals surface area contributed by atoms with Crippen LogP contribution in [0.5, 0.6) is 0 Å². The maximum Gasteiger partial charge on any atom is 0.283 e. The molecule has 0 atom stereocenters. The number of hydrogen-bond donors (Lipinski definition) is 1. The van der Waals surface area contributed by atoms with Crippen molar-refractivity contribution in [2.75, 3.05) is 10.2 Å². The van der Waals surface area contributed by atoms with Gasteiger partial charge in [-0.25, -0.2) is 9.29 Å². The minimum atomic E-state index is -0.635. The largest absolute Gasteiger partial charge is 0.350 e. The average molecular weight is 473 g/mol. The number of aryl methyl sites for hydroxylation is 1. The van der Waals surface area contributed by atoms with Crippen molar-refractivity contribution >= 4 is 58.2 Å². The molecule has 4 nitrogen and oxygen atoms in total. The smallest absolute Gasteiger partial charge is 0.283 e. The maximum atomic E-state index is 13.6. The van der Waals surface area contributed by atoms with E-state index in [0.717, 1.165) is 21.4 Å². The lowest BCUT2D eigenvalue weighted by atomic mass is 10.2. The summed E-state index contributed by atoms with van der Waals surface area (Å²) >= 11 is 13.1. The number of anilines is 2. The number of amides is 2. The molecule has 0 spiro atoms. The summed E-state index contributed by atoms with van der Waals surface area (Å²) in [5.74, 6) is -1.73. The number of carbonyl (C=O) groups is 2. The van der Waals surface area contributed by atoms with Gasteiger partial charge in [0.05, 0.1) is 10.7 Å². The quantitative estimate of drug-likeness (QED) is 0.434. The zero-order valence-corrected chi connectivity index (χ0v) is 18.5. The van der Waals surface area contributed by atoms with Gasteiger partial charge in [-0.15, -0.1) is 0 Å². The molecule has 1 aliphatic heterocycles. The molecule has 0 aliphatic carbocycles. The Balaban J connectivity index is 1.75. The van der Waals surface area contributed by atoms with Gasteiger partial charge >= 0.3 is 0 Å². The van der Waals surface area contributed by atoms with Gasteiger partial charge in [0, 0.05) is 15.6 Å². The van der Waals surface area contributed by atoms with Crippen LogP contribution in [0, 0.1) is 12.7 Å². The van der Waals surface area contributed by atoms with E-state index in [-0.39, 0.29) is 21.3 Å². The van der Waals surface area contributed by atoms with Crippen molar-refractivity contribution in [3.8, 4) is 0 Å². The zero-order chi connectivity index (χ0) is 22.1. The topological polar surface area (TPSA) is 49.4 Å². The normalized spacial score (nSPS) is 13.9. The Morgan fingerprint density at radius 2 is 1.68 bits per heavy atom. The van der Waals surface area contributed by atoms with Gasteiger partial charge in [0.25, 0.3) is 11.8 Å². The van der Waals surface area contributed by atoms with Crippen molar-refractivity contribution in [3.05, 3.63) is 98.8 Å². The molecule has 4 rings (SSSR count). The van der Waals surface area contributed by atoms with Crippen LogP contribution in [-0.2, 0) is 9.59 Å². The van der Waals surface area contributed by atoms with Gasteiger partial charge in [-0.3, -0.25) is 9.59 Å². The number of imide groups is 1. The van der Waals surface area contributed by atoms with E-state index in [1.54, 1.807) is 24.3 Å². The minimum absolute atomic E-state index is 0.110. The summed E-state index contributed by atoms with van der Waals surface area (Å²) in [7, 11) is 0. The molecule has 0 aromatic heterocycles. The molecule has 31 heavy (non-hydrogen) atoms. The summed E-state index contributed by atoms with van der Waals surface area (Å²) in [4.78, 5) is 28.5. The highest BCUT2D eigenvalue weighted by molar-refractivity contribution is 8.04. The van der Waals surface area contributed by atoms with Crippen LogP contribution in [0.4, 0.5) is 15.8 Å². The van der Waals surface area contributed by atoms with E-state index in [1.807, 2.05) is 31.2 Å². The second-order valence-electron chi connectivity index (χ2n) is 6.80. The second-order valence-corrected chi connectivity index (χ2v) is 8.73. The maximum absolute atomic E-state index is 13.6. The van der Waals surface area contributed by atoms with Crippen LogP contribution in [0.15, 0.2) is 82.2 Å². The lowest BCUT2D eigenvalue weighted by molar-refractivity contribution is -0.120. The van der Waals surface area contributed by atoms with Gasteiger partial charge < -0.3 is 5.32 Å². The van der Waals surface area contributed by atoms with E-state index in [1.165, 1.54) is 23.9 Å². The number of carbonyl (C=O) groups excluding carboxylic acids is 2. The first kappa shape index (κ1) is 21.4. The van der Waals surface area contributed by atoms with Crippen molar-refractivity contribution in [2.24, 2.45) is 0 Å². The lowest BCUT2D eigenvalue weighted by Gasteiger charge is -2.15. The van der Waals surface area contributed by atoms with E-state index in [4.69, 9.17) is 23.2 Å². The SMILES string of the molecule is Cc1ccc(SC2=C(Nc3cccc(Cl)c3)C(=O)N(c3ccc(F)c(Cl)c3)C2=O)cc1. The molecule has 3 aromatic carbocycles. The molecule has 0 unspecified atom stereocenters. The lowest BCUT2D eigenvalue weighted by Crippen LogP contribution is -2.32. The fourth-order valence-electron chi connectivity index (χ4n) is 3.01. The summed E-state index contributed by atoms with van der Waals surface area (Å²) in [6, 6.07) is 18.1. The Morgan fingerprint density at radius 3 is 2.35 bits per heavy atom. The first-order chi connectivity index (χ1) is 14.8. The van der Waals surface area contributed by atoms with Gasteiger partial charge in [0.1, 0.15) is 16.4 Å². The molecule has 0 fully saturated rings. The highest BCUT2D eigenvalue weighted by Gasteiger charge is 2.40. The fraction of sp³-hybridized carbons (Fsp3) is 0.0435. The third kappa shape index (κ3) is 4.46. The van der Waals surface area contributed by atoms with Crippen molar-refractivity contribution < 1.29 is 14.0 Å². The van der Waals surface area contributed by atoms with E-state index < -0.39 is 17.6 Å². The van der Waals surface area contributed by atoms with Crippen LogP contribution in [0.25, 0.3) is 0 Å². The van der Waals surface area contributed by atoms with E-state index >= 15 is 0 Å². The van der Waals surface area contributed by atoms with Crippen LogP contribution in [0.2, 0.25) is 10.0 Å². The molecule has 3 aromatic rings. The second kappa shape index (κ2) is 8.75. The Morgan fingerprint density at radius 1 is 0.935 bits per heavy atom. The Bertz CT molecular complexity index is 1230. The third-order valence-corrected chi connectivity index (χ3v) is 6.15. The molecule has 0 radical (unpaired) electrons. The monoisotopic (exact) mass is 472 g/mol. The highest BCUT2D eigenvalue weighted by atomic mass is 35.5. The number of rotatable bonds is 5. The molecule has 156 valence electrons. The number of nitrogens with one attached hydrogen (secondary N) is 1. The van der Waals surface area contributed by atoms with Crippen LogP contribution in [-0.4, -0.2) is 11.8 Å².